The van der Waals surface area contributed by atoms with Crippen LogP contribution in [0.2, 0.25) is 0 Å². The highest BCUT2D eigenvalue weighted by atomic mass is 32.2. The summed E-state index contributed by atoms with van der Waals surface area (Å²) in [7, 11) is -3.42. The molecule has 0 saturated heterocycles. The van der Waals surface area contributed by atoms with Crippen LogP contribution < -0.4 is 10.3 Å². The maximum absolute atomic E-state index is 11.3. The molecule has 1 rings (SSSR count). The molecule has 7 heteroatoms. The number of amides is 1. The Balaban J connectivity index is 2.59. The second-order valence-electron chi connectivity index (χ2n) is 2.70. The number of nitrogens with zero attached hydrogens (tertiary/aromatic N) is 1. The predicted octanol–water partition coefficient (Wildman–Crippen LogP) is -0.334. The van der Waals surface area contributed by atoms with E-state index in [2.05, 4.69) is 10.4 Å². The number of hydrogen-bond acceptors (Lipinski definition) is 4. The summed E-state index contributed by atoms with van der Waals surface area (Å²) < 4.78 is 22.0. The molecule has 0 aliphatic carbocycles. The van der Waals surface area contributed by atoms with Crippen LogP contribution in [0.15, 0.2) is 24.5 Å². The van der Waals surface area contributed by atoms with Crippen LogP contribution in [0.3, 0.4) is 0 Å². The molecule has 82 valence electrons. The number of sulfonamides is 1. The van der Waals surface area contributed by atoms with E-state index in [1.54, 1.807) is 0 Å². The molecule has 0 spiro atoms. The van der Waals surface area contributed by atoms with E-state index in [4.69, 9.17) is 0 Å². The molecular weight excluding hydrogens is 218 g/mol. The fraction of sp³-hybridized carbons (Fsp3) is 0.250. The molecule has 1 amide bonds. The third-order valence-electron chi connectivity index (χ3n) is 1.64. The van der Waals surface area contributed by atoms with Crippen LogP contribution in [-0.4, -0.2) is 25.1 Å². The molecule has 0 radical (unpaired) electrons. The van der Waals surface area contributed by atoms with Crippen molar-refractivity contribution in [3.8, 4) is 0 Å². The Morgan fingerprint density at radius 1 is 1.40 bits per heavy atom. The maximum Gasteiger partial charge on any atom is 0.266 e. The van der Waals surface area contributed by atoms with Gasteiger partial charge >= 0.3 is 0 Å². The molecule has 0 unspecified atom stereocenters. The van der Waals surface area contributed by atoms with Crippen molar-refractivity contribution in [1.82, 2.24) is 15.2 Å². The molecule has 6 nitrogen and oxygen atoms in total. The third kappa shape index (κ3) is 3.64. The summed E-state index contributed by atoms with van der Waals surface area (Å²) in [5.41, 5.74) is 2.42. The summed E-state index contributed by atoms with van der Waals surface area (Å²) in [6, 6.07) is 2.96. The summed E-state index contributed by atoms with van der Waals surface area (Å²) in [6.07, 6.45) is 2.90. The van der Waals surface area contributed by atoms with Gasteiger partial charge in [0.25, 0.3) is 5.91 Å². The SMILES string of the molecule is CCS(=O)(=O)NNC(=O)c1ccncc1. The summed E-state index contributed by atoms with van der Waals surface area (Å²) in [5.74, 6) is -0.613. The smallest absolute Gasteiger partial charge is 0.266 e. The fourth-order valence-electron chi connectivity index (χ4n) is 0.772. The Labute approximate surface area is 87.7 Å². The molecule has 1 aromatic rings. The number of hydrogen-bond donors (Lipinski definition) is 2. The van der Waals surface area contributed by atoms with Crippen molar-refractivity contribution < 1.29 is 13.2 Å². The van der Waals surface area contributed by atoms with Crippen molar-refractivity contribution in [2.24, 2.45) is 0 Å². The van der Waals surface area contributed by atoms with E-state index in [0.29, 0.717) is 5.56 Å². The summed E-state index contributed by atoms with van der Waals surface area (Å²) in [6.45, 7) is 1.47. The summed E-state index contributed by atoms with van der Waals surface area (Å²) in [4.78, 5) is 17.0. The zero-order valence-electron chi connectivity index (χ0n) is 8.10. The monoisotopic (exact) mass is 229 g/mol. The minimum atomic E-state index is -3.42. The van der Waals surface area contributed by atoms with E-state index in [9.17, 15) is 13.2 Å². The molecule has 2 N–H and O–H groups in total. The van der Waals surface area contributed by atoms with Crippen molar-refractivity contribution in [2.75, 3.05) is 5.75 Å². The highest BCUT2D eigenvalue weighted by Gasteiger charge is 2.09. The Morgan fingerprint density at radius 3 is 2.53 bits per heavy atom. The van der Waals surface area contributed by atoms with E-state index < -0.39 is 15.9 Å². The molecule has 1 aromatic heterocycles. The number of nitrogens with one attached hydrogen (secondary N) is 2. The zero-order valence-corrected chi connectivity index (χ0v) is 8.91. The molecule has 0 atom stereocenters. The van der Waals surface area contributed by atoms with Gasteiger partial charge in [-0.1, -0.05) is 0 Å². The number of carbonyl (C=O) groups is 1. The van der Waals surface area contributed by atoms with Crippen LogP contribution in [-0.2, 0) is 10.0 Å². The van der Waals surface area contributed by atoms with E-state index in [1.165, 1.54) is 31.5 Å². The second-order valence-corrected chi connectivity index (χ2v) is 4.71. The second kappa shape index (κ2) is 4.85. The largest absolute Gasteiger partial charge is 0.274 e. The molecule has 0 aliphatic heterocycles. The van der Waals surface area contributed by atoms with Crippen molar-refractivity contribution >= 4 is 15.9 Å². The van der Waals surface area contributed by atoms with Crippen LogP contribution in [0.5, 0.6) is 0 Å². The van der Waals surface area contributed by atoms with Crippen molar-refractivity contribution in [3.63, 3.8) is 0 Å². The van der Waals surface area contributed by atoms with Crippen molar-refractivity contribution in [3.05, 3.63) is 30.1 Å². The van der Waals surface area contributed by atoms with Gasteiger partial charge in [-0.25, -0.2) is 8.42 Å². The number of pyridine rings is 1. The van der Waals surface area contributed by atoms with Gasteiger partial charge < -0.3 is 0 Å². The minimum Gasteiger partial charge on any atom is -0.274 e. The number of rotatable bonds is 4. The molecule has 0 aromatic carbocycles. The average Bonchev–Trinajstić information content (AvgIpc) is 2.27. The first kappa shape index (κ1) is 11.6. The summed E-state index contributed by atoms with van der Waals surface area (Å²) in [5, 5.41) is 0. The highest BCUT2D eigenvalue weighted by Crippen LogP contribution is 1.94. The van der Waals surface area contributed by atoms with Gasteiger partial charge in [-0.05, 0) is 19.1 Å². The van der Waals surface area contributed by atoms with Gasteiger partial charge in [-0.15, -0.1) is 4.83 Å². The lowest BCUT2D eigenvalue weighted by atomic mass is 10.3. The highest BCUT2D eigenvalue weighted by molar-refractivity contribution is 7.89. The number of hydrazine groups is 1. The molecule has 0 saturated carbocycles. The van der Waals surface area contributed by atoms with Crippen molar-refractivity contribution in [1.29, 1.82) is 0 Å². The predicted molar refractivity (Wildman–Crippen MR) is 54.3 cm³/mol. The normalized spacial score (nSPS) is 11.0. The minimum absolute atomic E-state index is 0.0936. The lowest BCUT2D eigenvalue weighted by Crippen LogP contribution is -2.42. The first-order valence-electron chi connectivity index (χ1n) is 4.25. The van der Waals surface area contributed by atoms with E-state index >= 15 is 0 Å². The van der Waals surface area contributed by atoms with E-state index in [0.717, 1.165) is 0 Å². The molecule has 1 heterocycles. The first-order valence-corrected chi connectivity index (χ1v) is 5.90. The lowest BCUT2D eigenvalue weighted by Gasteiger charge is -2.05. The Bertz CT molecular complexity index is 430. The van der Waals surface area contributed by atoms with Gasteiger partial charge in [0.15, 0.2) is 0 Å². The fourth-order valence-corrected chi connectivity index (χ4v) is 1.16. The Kier molecular flexibility index (Phi) is 3.75. The van der Waals surface area contributed by atoms with Crippen LogP contribution in [0, 0.1) is 0 Å². The Morgan fingerprint density at radius 2 is 2.00 bits per heavy atom. The van der Waals surface area contributed by atoms with Gasteiger partial charge in [0.2, 0.25) is 10.0 Å². The van der Waals surface area contributed by atoms with Crippen LogP contribution in [0.1, 0.15) is 17.3 Å². The quantitative estimate of drug-likeness (QED) is 0.692. The number of carbonyl (C=O) groups excluding carboxylic acids is 1. The molecule has 0 bridgehead atoms. The van der Waals surface area contributed by atoms with Crippen molar-refractivity contribution in [2.45, 2.75) is 6.92 Å². The third-order valence-corrected chi connectivity index (χ3v) is 2.82. The van der Waals surface area contributed by atoms with E-state index in [1.807, 2.05) is 4.83 Å². The topological polar surface area (TPSA) is 88.2 Å². The van der Waals surface area contributed by atoms with Gasteiger partial charge in [0, 0.05) is 18.0 Å². The lowest BCUT2D eigenvalue weighted by molar-refractivity contribution is 0.0945. The van der Waals surface area contributed by atoms with E-state index in [-0.39, 0.29) is 5.75 Å². The first-order chi connectivity index (χ1) is 7.05. The van der Waals surface area contributed by atoms with Crippen LogP contribution >= 0.6 is 0 Å². The van der Waals surface area contributed by atoms with Gasteiger partial charge in [-0.3, -0.25) is 15.2 Å². The summed E-state index contributed by atoms with van der Waals surface area (Å²) >= 11 is 0. The maximum atomic E-state index is 11.3. The standard InChI is InChI=1S/C8H11N3O3S/c1-2-15(13,14)11-10-8(12)7-3-5-9-6-4-7/h3-6,11H,2H2,1H3,(H,10,12). The molecule has 0 fully saturated rings. The van der Waals surface area contributed by atoms with Crippen LogP contribution in [0.4, 0.5) is 0 Å². The zero-order chi connectivity index (χ0) is 11.3. The average molecular weight is 229 g/mol. The Hall–Kier alpha value is -1.47. The van der Waals surface area contributed by atoms with Crippen LogP contribution in [0.25, 0.3) is 0 Å². The molecule has 15 heavy (non-hydrogen) atoms. The molecular formula is C8H11N3O3S. The molecule has 0 aliphatic rings. The van der Waals surface area contributed by atoms with Gasteiger partial charge in [0.1, 0.15) is 0 Å². The number of aromatic nitrogens is 1. The van der Waals surface area contributed by atoms with Gasteiger partial charge in [0.05, 0.1) is 5.75 Å². The van der Waals surface area contributed by atoms with Gasteiger partial charge in [-0.2, -0.15) is 0 Å².